The van der Waals surface area contributed by atoms with Crippen LogP contribution in [0.2, 0.25) is 0 Å². The maximum atomic E-state index is 13.6. The lowest BCUT2D eigenvalue weighted by atomic mass is 9.79. The molecule has 2 N–H and O–H groups in total. The zero-order chi connectivity index (χ0) is 22.8. The van der Waals surface area contributed by atoms with Gasteiger partial charge in [-0.05, 0) is 85.8 Å². The van der Waals surface area contributed by atoms with E-state index < -0.39 is 10.0 Å². The van der Waals surface area contributed by atoms with E-state index in [1.807, 2.05) is 12.1 Å². The number of sulfonamides is 1. The minimum Gasteiger partial charge on any atom is -0.374 e. The smallest absolute Gasteiger partial charge is 0.240 e. The fourth-order valence-corrected chi connectivity index (χ4v) is 6.79. The van der Waals surface area contributed by atoms with Crippen LogP contribution in [0.4, 0.5) is 4.39 Å². The van der Waals surface area contributed by atoms with Crippen LogP contribution in [0.1, 0.15) is 55.6 Å². The van der Waals surface area contributed by atoms with Gasteiger partial charge in [0.1, 0.15) is 5.82 Å². The third-order valence-electron chi connectivity index (χ3n) is 7.59. The van der Waals surface area contributed by atoms with Gasteiger partial charge in [-0.2, -0.15) is 0 Å². The van der Waals surface area contributed by atoms with Gasteiger partial charge in [0.15, 0.2) is 0 Å². The Morgan fingerprint density at radius 3 is 2.42 bits per heavy atom. The van der Waals surface area contributed by atoms with Crippen molar-refractivity contribution in [3.05, 3.63) is 65.5 Å². The molecule has 0 saturated heterocycles. The van der Waals surface area contributed by atoms with Crippen LogP contribution in [0, 0.1) is 17.7 Å². The molecule has 0 amide bonds. The fraction of sp³-hybridized carbons (Fsp3) is 0.500. The van der Waals surface area contributed by atoms with Crippen molar-refractivity contribution in [1.29, 1.82) is 0 Å². The highest BCUT2D eigenvalue weighted by Crippen LogP contribution is 2.40. The molecule has 5 nitrogen and oxygen atoms in total. The Kier molecular flexibility index (Phi) is 6.52. The Labute approximate surface area is 196 Å². The van der Waals surface area contributed by atoms with Gasteiger partial charge in [-0.3, -0.25) is 4.99 Å². The van der Waals surface area contributed by atoms with E-state index in [4.69, 9.17) is 4.99 Å². The minimum absolute atomic E-state index is 0.145. The van der Waals surface area contributed by atoms with Crippen molar-refractivity contribution in [2.24, 2.45) is 16.8 Å². The maximum Gasteiger partial charge on any atom is 0.240 e. The third kappa shape index (κ3) is 5.14. The summed E-state index contributed by atoms with van der Waals surface area (Å²) in [6.45, 7) is 1.43. The molecule has 0 bridgehead atoms. The second-order valence-corrected chi connectivity index (χ2v) is 11.5. The highest BCUT2D eigenvalue weighted by Gasteiger charge is 2.35. The van der Waals surface area contributed by atoms with Crippen LogP contribution < -0.4 is 10.0 Å². The molecule has 2 atom stereocenters. The van der Waals surface area contributed by atoms with Gasteiger partial charge >= 0.3 is 0 Å². The molecule has 7 heteroatoms. The van der Waals surface area contributed by atoms with Gasteiger partial charge in [0.25, 0.3) is 0 Å². The lowest BCUT2D eigenvalue weighted by Crippen LogP contribution is -2.34. The highest BCUT2D eigenvalue weighted by molar-refractivity contribution is 7.89. The van der Waals surface area contributed by atoms with E-state index in [1.165, 1.54) is 5.56 Å². The molecule has 0 aromatic heterocycles. The number of aliphatic imine (C=N–C) groups is 1. The monoisotopic (exact) mass is 469 g/mol. The van der Waals surface area contributed by atoms with Crippen LogP contribution >= 0.6 is 0 Å². The van der Waals surface area contributed by atoms with Crippen LogP contribution in [0.15, 0.2) is 58.4 Å². The molecule has 1 saturated carbocycles. The summed E-state index contributed by atoms with van der Waals surface area (Å²) in [6, 6.07) is 14.1. The van der Waals surface area contributed by atoms with E-state index in [0.29, 0.717) is 35.2 Å². The molecule has 3 aliphatic rings. The second-order valence-electron chi connectivity index (χ2n) is 9.77. The predicted molar refractivity (Wildman–Crippen MR) is 128 cm³/mol. The first-order valence-corrected chi connectivity index (χ1v) is 13.6. The number of hydrogen-bond acceptors (Lipinski definition) is 4. The molecule has 2 aliphatic carbocycles. The van der Waals surface area contributed by atoms with Crippen molar-refractivity contribution in [3.8, 4) is 0 Å². The summed E-state index contributed by atoms with van der Waals surface area (Å²) in [5.41, 5.74) is 2.42. The van der Waals surface area contributed by atoms with Crippen molar-refractivity contribution in [1.82, 2.24) is 10.0 Å². The number of halogens is 1. The number of aryl methyl sites for hydroxylation is 1. The second kappa shape index (κ2) is 9.55. The van der Waals surface area contributed by atoms with E-state index in [-0.39, 0.29) is 5.82 Å². The van der Waals surface area contributed by atoms with Crippen molar-refractivity contribution >= 4 is 15.9 Å². The van der Waals surface area contributed by atoms with Crippen LogP contribution in [-0.2, 0) is 16.4 Å². The van der Waals surface area contributed by atoms with Gasteiger partial charge in [-0.15, -0.1) is 0 Å². The molecule has 1 aliphatic heterocycles. The standard InChI is InChI=1S/C26H32FN3O2S/c27-21-11-12-23-20(14-21)10-13-25-24(23)15-26(30-25)28-16-18-6-8-19(9-7-18)17-29-33(31,32)22-4-2-1-3-5-22/h1-5,11-12,14,18-19,24-25,29H,6-10,13,15-17H2,(H,28,30)/t18-,19-,24-,25+/m0/s1. The van der Waals surface area contributed by atoms with Gasteiger partial charge in [-0.1, -0.05) is 24.3 Å². The lowest BCUT2D eigenvalue weighted by Gasteiger charge is -2.29. The Morgan fingerprint density at radius 1 is 0.939 bits per heavy atom. The number of nitrogens with zero attached hydrogens (tertiary/aromatic N) is 1. The topological polar surface area (TPSA) is 70.6 Å². The lowest BCUT2D eigenvalue weighted by molar-refractivity contribution is 0.275. The number of amidine groups is 1. The summed E-state index contributed by atoms with van der Waals surface area (Å²) >= 11 is 0. The zero-order valence-corrected chi connectivity index (χ0v) is 19.7. The fourth-order valence-electron chi connectivity index (χ4n) is 5.66. The molecule has 33 heavy (non-hydrogen) atoms. The van der Waals surface area contributed by atoms with Gasteiger partial charge in [0.2, 0.25) is 10.0 Å². The Hall–Kier alpha value is -2.25. The largest absolute Gasteiger partial charge is 0.374 e. The highest BCUT2D eigenvalue weighted by atomic mass is 32.2. The number of fused-ring (bicyclic) bond motifs is 3. The molecule has 1 fully saturated rings. The summed E-state index contributed by atoms with van der Waals surface area (Å²) in [5, 5.41) is 3.61. The van der Waals surface area contributed by atoms with Crippen LogP contribution in [0.3, 0.4) is 0 Å². The summed E-state index contributed by atoms with van der Waals surface area (Å²) < 4.78 is 41.2. The Morgan fingerprint density at radius 2 is 1.67 bits per heavy atom. The average molecular weight is 470 g/mol. The molecule has 0 spiro atoms. The molecule has 176 valence electrons. The number of rotatable bonds is 6. The molecule has 1 heterocycles. The van der Waals surface area contributed by atoms with E-state index in [1.54, 1.807) is 36.4 Å². The van der Waals surface area contributed by atoms with E-state index in [9.17, 15) is 12.8 Å². The summed E-state index contributed by atoms with van der Waals surface area (Å²) in [6.07, 6.45) is 7.11. The van der Waals surface area contributed by atoms with Gasteiger partial charge in [-0.25, -0.2) is 17.5 Å². The Balaban J connectivity index is 1.07. The molecule has 2 aromatic rings. The molecule has 0 radical (unpaired) electrons. The van der Waals surface area contributed by atoms with Gasteiger partial charge < -0.3 is 5.32 Å². The number of benzene rings is 2. The van der Waals surface area contributed by atoms with E-state index in [0.717, 1.165) is 62.9 Å². The predicted octanol–water partition coefficient (Wildman–Crippen LogP) is 4.40. The number of hydrogen-bond donors (Lipinski definition) is 2. The van der Waals surface area contributed by atoms with Crippen molar-refractivity contribution in [2.75, 3.05) is 13.1 Å². The van der Waals surface area contributed by atoms with Gasteiger partial charge in [0.05, 0.1) is 16.8 Å². The first kappa shape index (κ1) is 22.5. The Bertz CT molecular complexity index is 1110. The summed E-state index contributed by atoms with van der Waals surface area (Å²) in [5.74, 6) is 2.32. The zero-order valence-electron chi connectivity index (χ0n) is 18.8. The van der Waals surface area contributed by atoms with Gasteiger partial charge in [0, 0.05) is 25.4 Å². The SMILES string of the molecule is O=S(=O)(NC[C@H]1CC[C@H](CNC2=N[C@@H]3CCc4cc(F)ccc4[C@@H]3C2)CC1)c1ccccc1. The number of nitrogens with one attached hydrogen (secondary N) is 2. The molecular weight excluding hydrogens is 437 g/mol. The normalized spacial score (nSPS) is 26.9. The van der Waals surface area contributed by atoms with Crippen molar-refractivity contribution in [3.63, 3.8) is 0 Å². The van der Waals surface area contributed by atoms with E-state index >= 15 is 0 Å². The third-order valence-corrected chi connectivity index (χ3v) is 9.03. The molecule has 5 rings (SSSR count). The van der Waals surface area contributed by atoms with Crippen LogP contribution in [0.5, 0.6) is 0 Å². The van der Waals surface area contributed by atoms with Crippen molar-refractivity contribution in [2.45, 2.75) is 61.8 Å². The minimum atomic E-state index is -3.43. The maximum absolute atomic E-state index is 13.6. The van der Waals surface area contributed by atoms with Crippen LogP contribution in [-0.4, -0.2) is 33.4 Å². The quantitative estimate of drug-likeness (QED) is 0.659. The van der Waals surface area contributed by atoms with E-state index in [2.05, 4.69) is 10.0 Å². The summed E-state index contributed by atoms with van der Waals surface area (Å²) in [7, 11) is -3.43. The average Bonchev–Trinajstić information content (AvgIpc) is 3.26. The molecule has 0 unspecified atom stereocenters. The first-order valence-electron chi connectivity index (χ1n) is 12.1. The van der Waals surface area contributed by atoms with Crippen LogP contribution in [0.25, 0.3) is 0 Å². The summed E-state index contributed by atoms with van der Waals surface area (Å²) in [4.78, 5) is 5.28. The first-order chi connectivity index (χ1) is 16.0. The molecule has 2 aromatic carbocycles. The molecular formula is C26H32FN3O2S. The van der Waals surface area contributed by atoms with Crippen molar-refractivity contribution < 1.29 is 12.8 Å².